The fraction of sp³-hybridized carbons (Fsp3) is 0.429. The van der Waals surface area contributed by atoms with Crippen molar-refractivity contribution >= 4 is 12.1 Å². The number of amides is 1. The first-order valence-corrected chi connectivity index (χ1v) is 2.88. The van der Waals surface area contributed by atoms with Gasteiger partial charge in [0.25, 0.3) is 0 Å². The maximum absolute atomic E-state index is 10.00. The third-order valence-corrected chi connectivity index (χ3v) is 1.24. The molecule has 0 bridgehead atoms. The van der Waals surface area contributed by atoms with Crippen LogP contribution >= 0.6 is 0 Å². The number of hydrogen-bond donors (Lipinski definition) is 1. The van der Waals surface area contributed by atoms with Crippen molar-refractivity contribution in [3.63, 3.8) is 0 Å². The first kappa shape index (κ1) is 9.68. The lowest BCUT2D eigenvalue weighted by molar-refractivity contribution is -0.105. The molecule has 0 atom stereocenters. The van der Waals surface area contributed by atoms with Crippen LogP contribution in [0.15, 0.2) is 4.52 Å². The minimum atomic E-state index is 0. The van der Waals surface area contributed by atoms with E-state index in [-0.39, 0.29) is 7.43 Å². The van der Waals surface area contributed by atoms with Gasteiger partial charge in [0.2, 0.25) is 6.41 Å². The lowest BCUT2D eigenvalue weighted by Gasteiger charge is -1.91. The van der Waals surface area contributed by atoms with Crippen LogP contribution in [0.3, 0.4) is 0 Å². The molecule has 4 heteroatoms. The summed E-state index contributed by atoms with van der Waals surface area (Å²) in [7, 11) is 0. The molecule has 0 aliphatic rings. The molecule has 1 aromatic rings. The predicted octanol–water partition coefficient (Wildman–Crippen LogP) is 1.50. The topological polar surface area (TPSA) is 55.1 Å². The molecule has 0 aliphatic heterocycles. The molecular formula is C7H12N2O2. The summed E-state index contributed by atoms with van der Waals surface area (Å²) < 4.78 is 4.78. The van der Waals surface area contributed by atoms with E-state index in [2.05, 4.69) is 10.5 Å². The number of carbonyl (C=O) groups is 1. The summed E-state index contributed by atoms with van der Waals surface area (Å²) in [6.45, 7) is 3.51. The third kappa shape index (κ3) is 1.80. The zero-order valence-corrected chi connectivity index (χ0v) is 5.84. The van der Waals surface area contributed by atoms with Crippen LogP contribution in [-0.2, 0) is 4.79 Å². The second-order valence-electron chi connectivity index (χ2n) is 1.96. The first-order valence-electron chi connectivity index (χ1n) is 2.88. The number of anilines is 1. The van der Waals surface area contributed by atoms with Crippen molar-refractivity contribution in [1.29, 1.82) is 0 Å². The molecule has 0 aromatic carbocycles. The maximum atomic E-state index is 10.00. The molecule has 1 aromatic heterocycles. The van der Waals surface area contributed by atoms with Gasteiger partial charge < -0.3 is 9.84 Å². The van der Waals surface area contributed by atoms with Gasteiger partial charge in [-0.1, -0.05) is 12.6 Å². The van der Waals surface area contributed by atoms with Gasteiger partial charge in [0.05, 0.1) is 0 Å². The van der Waals surface area contributed by atoms with Crippen molar-refractivity contribution in [3.05, 3.63) is 11.5 Å². The number of hydrogen-bond acceptors (Lipinski definition) is 3. The summed E-state index contributed by atoms with van der Waals surface area (Å²) >= 11 is 0. The highest BCUT2D eigenvalue weighted by Gasteiger charge is 2.05. The molecular weight excluding hydrogens is 144 g/mol. The van der Waals surface area contributed by atoms with Gasteiger partial charge in [-0.05, 0) is 13.8 Å². The van der Waals surface area contributed by atoms with Crippen LogP contribution < -0.4 is 5.32 Å². The van der Waals surface area contributed by atoms with Gasteiger partial charge in [0.1, 0.15) is 11.4 Å². The molecule has 62 valence electrons. The number of nitrogens with one attached hydrogen (secondary N) is 1. The Morgan fingerprint density at radius 2 is 2.18 bits per heavy atom. The van der Waals surface area contributed by atoms with E-state index in [0.717, 1.165) is 0 Å². The minimum absolute atomic E-state index is 0. The zero-order chi connectivity index (χ0) is 7.56. The van der Waals surface area contributed by atoms with Crippen molar-refractivity contribution in [2.45, 2.75) is 21.3 Å². The molecule has 1 amide bonds. The lowest BCUT2D eigenvalue weighted by atomic mass is 10.3. The van der Waals surface area contributed by atoms with E-state index in [1.807, 2.05) is 0 Å². The van der Waals surface area contributed by atoms with E-state index in [1.165, 1.54) is 0 Å². The molecule has 0 spiro atoms. The van der Waals surface area contributed by atoms with E-state index in [1.54, 1.807) is 13.8 Å². The molecule has 0 aliphatic carbocycles. The molecule has 4 nitrogen and oxygen atoms in total. The Morgan fingerprint density at radius 1 is 1.55 bits per heavy atom. The summed E-state index contributed by atoms with van der Waals surface area (Å²) in [6.07, 6.45) is 0.604. The number of nitrogens with zero attached hydrogens (tertiary/aromatic N) is 1. The SMILES string of the molecule is C.Cc1noc(C)c1NC=O. The average Bonchev–Trinajstić information content (AvgIpc) is 2.20. The van der Waals surface area contributed by atoms with Crippen molar-refractivity contribution in [1.82, 2.24) is 5.16 Å². The van der Waals surface area contributed by atoms with Gasteiger partial charge in [-0.3, -0.25) is 4.79 Å². The Balaban J connectivity index is 0.000001000. The van der Waals surface area contributed by atoms with Gasteiger partial charge in [-0.25, -0.2) is 0 Å². The summed E-state index contributed by atoms with van der Waals surface area (Å²) in [5.41, 5.74) is 1.36. The number of carbonyl (C=O) groups excluding carboxylic acids is 1. The standard InChI is InChI=1S/C6H8N2O2.CH4/c1-4-6(7-3-9)5(2)10-8-4;/h3H,1-2H3,(H,7,9);1H4. The van der Waals surface area contributed by atoms with Crippen LogP contribution in [0.2, 0.25) is 0 Å². The normalized spacial score (nSPS) is 8.55. The number of aromatic nitrogens is 1. The van der Waals surface area contributed by atoms with Gasteiger partial charge in [-0.15, -0.1) is 0 Å². The minimum Gasteiger partial charge on any atom is -0.359 e. The van der Waals surface area contributed by atoms with Crippen molar-refractivity contribution in [2.24, 2.45) is 0 Å². The van der Waals surface area contributed by atoms with Crippen LogP contribution in [0.5, 0.6) is 0 Å². The Morgan fingerprint density at radius 3 is 2.55 bits per heavy atom. The Hall–Kier alpha value is -1.32. The molecule has 0 saturated carbocycles. The molecule has 0 fully saturated rings. The molecule has 0 unspecified atom stereocenters. The van der Waals surface area contributed by atoms with Crippen molar-refractivity contribution in [2.75, 3.05) is 5.32 Å². The summed E-state index contributed by atoms with van der Waals surface area (Å²) in [6, 6.07) is 0. The second-order valence-corrected chi connectivity index (χ2v) is 1.96. The molecule has 0 saturated heterocycles. The van der Waals surface area contributed by atoms with E-state index in [9.17, 15) is 4.79 Å². The van der Waals surface area contributed by atoms with Gasteiger partial charge in [0.15, 0.2) is 5.76 Å². The predicted molar refractivity (Wildman–Crippen MR) is 42.4 cm³/mol. The van der Waals surface area contributed by atoms with E-state index < -0.39 is 0 Å². The largest absolute Gasteiger partial charge is 0.359 e. The molecule has 0 radical (unpaired) electrons. The highest BCUT2D eigenvalue weighted by atomic mass is 16.5. The molecule has 1 heterocycles. The Bertz CT molecular complexity index is 223. The first-order chi connectivity index (χ1) is 4.75. The monoisotopic (exact) mass is 156 g/mol. The van der Waals surface area contributed by atoms with Crippen LogP contribution in [0, 0.1) is 13.8 Å². The summed E-state index contributed by atoms with van der Waals surface area (Å²) in [5, 5.41) is 6.13. The Kier molecular flexibility index (Phi) is 3.30. The highest BCUT2D eigenvalue weighted by Crippen LogP contribution is 2.16. The zero-order valence-electron chi connectivity index (χ0n) is 5.84. The van der Waals surface area contributed by atoms with Crippen LogP contribution in [0.25, 0.3) is 0 Å². The summed E-state index contributed by atoms with van der Waals surface area (Å²) in [5.74, 6) is 0.629. The van der Waals surface area contributed by atoms with Crippen LogP contribution in [-0.4, -0.2) is 11.6 Å². The van der Waals surface area contributed by atoms with Crippen LogP contribution in [0.4, 0.5) is 5.69 Å². The number of rotatable bonds is 2. The molecule has 1 N–H and O–H groups in total. The van der Waals surface area contributed by atoms with Gasteiger partial charge in [-0.2, -0.15) is 0 Å². The van der Waals surface area contributed by atoms with Crippen molar-refractivity contribution < 1.29 is 9.32 Å². The van der Waals surface area contributed by atoms with Gasteiger partial charge in [0, 0.05) is 0 Å². The third-order valence-electron chi connectivity index (χ3n) is 1.24. The average molecular weight is 156 g/mol. The smallest absolute Gasteiger partial charge is 0.211 e. The maximum Gasteiger partial charge on any atom is 0.211 e. The highest BCUT2D eigenvalue weighted by molar-refractivity contribution is 5.73. The fourth-order valence-corrected chi connectivity index (χ4v) is 0.748. The summed E-state index contributed by atoms with van der Waals surface area (Å²) in [4.78, 5) is 10.00. The molecule has 11 heavy (non-hydrogen) atoms. The van der Waals surface area contributed by atoms with E-state index in [4.69, 9.17) is 4.52 Å². The number of aryl methyl sites for hydroxylation is 2. The fourth-order valence-electron chi connectivity index (χ4n) is 0.748. The second kappa shape index (κ2) is 3.75. The van der Waals surface area contributed by atoms with Crippen molar-refractivity contribution in [3.8, 4) is 0 Å². The van der Waals surface area contributed by atoms with Crippen LogP contribution in [0.1, 0.15) is 18.9 Å². The van der Waals surface area contributed by atoms with E-state index >= 15 is 0 Å². The van der Waals surface area contributed by atoms with Gasteiger partial charge >= 0.3 is 0 Å². The molecule has 1 rings (SSSR count). The van der Waals surface area contributed by atoms with E-state index in [0.29, 0.717) is 23.6 Å². The quantitative estimate of drug-likeness (QED) is 0.660. The lowest BCUT2D eigenvalue weighted by Crippen LogP contribution is -1.95. The Labute approximate surface area is 65.6 Å².